The molecule has 14 heavy (non-hydrogen) atoms. The van der Waals surface area contributed by atoms with Crippen LogP contribution < -0.4 is 11.3 Å². The molecule has 82 valence electrons. The van der Waals surface area contributed by atoms with E-state index >= 15 is 0 Å². The van der Waals surface area contributed by atoms with E-state index in [4.69, 9.17) is 5.84 Å². The second-order valence-corrected chi connectivity index (χ2v) is 5.48. The molecule has 3 N–H and O–H groups in total. The molecule has 0 heterocycles. The van der Waals surface area contributed by atoms with Gasteiger partial charge in [0.1, 0.15) is 0 Å². The van der Waals surface area contributed by atoms with Crippen LogP contribution in [-0.4, -0.2) is 6.04 Å². The van der Waals surface area contributed by atoms with Crippen molar-refractivity contribution >= 4 is 0 Å². The van der Waals surface area contributed by atoms with E-state index in [0.29, 0.717) is 6.04 Å². The first-order chi connectivity index (χ1) is 6.79. The molecule has 2 heteroatoms. The number of hydrogen-bond donors (Lipinski definition) is 2. The number of nitrogens with one attached hydrogen (secondary N) is 1. The van der Waals surface area contributed by atoms with E-state index in [9.17, 15) is 0 Å². The third-order valence-electron chi connectivity index (χ3n) is 4.04. The van der Waals surface area contributed by atoms with E-state index < -0.39 is 0 Å². The number of nitrogens with two attached hydrogens (primary N) is 1. The Kier molecular flexibility index (Phi) is 3.45. The van der Waals surface area contributed by atoms with Gasteiger partial charge in [-0.3, -0.25) is 11.3 Å². The van der Waals surface area contributed by atoms with Crippen molar-refractivity contribution in [3.8, 4) is 0 Å². The highest BCUT2D eigenvalue weighted by molar-refractivity contribution is 4.85. The first-order valence-electron chi connectivity index (χ1n) is 6.25. The summed E-state index contributed by atoms with van der Waals surface area (Å²) in [6, 6.07) is 0.602. The van der Waals surface area contributed by atoms with Crippen molar-refractivity contribution < 1.29 is 0 Å². The Hall–Kier alpha value is -0.0800. The van der Waals surface area contributed by atoms with Gasteiger partial charge < -0.3 is 0 Å². The van der Waals surface area contributed by atoms with Gasteiger partial charge in [-0.05, 0) is 37.0 Å². The van der Waals surface area contributed by atoms with Crippen molar-refractivity contribution in [3.63, 3.8) is 0 Å². The number of hydrogen-bond acceptors (Lipinski definition) is 2. The molecule has 2 nitrogen and oxygen atoms in total. The van der Waals surface area contributed by atoms with Crippen LogP contribution in [0.25, 0.3) is 0 Å². The summed E-state index contributed by atoms with van der Waals surface area (Å²) in [5.74, 6) is 8.44. The minimum absolute atomic E-state index is 0.602. The van der Waals surface area contributed by atoms with Crippen LogP contribution in [0.1, 0.15) is 51.9 Å². The lowest BCUT2D eigenvalue weighted by Gasteiger charge is -2.33. The van der Waals surface area contributed by atoms with Gasteiger partial charge in [0.2, 0.25) is 0 Å². The molecule has 0 radical (unpaired) electrons. The van der Waals surface area contributed by atoms with E-state index in [1.54, 1.807) is 0 Å². The standard InChI is InChI=1S/C12H24N2/c1-9-3-2-4-11(7-9)12(14-13)8-10-5-6-10/h9-12,14H,2-8,13H2,1H3. The second-order valence-electron chi connectivity index (χ2n) is 5.48. The molecule has 0 bridgehead atoms. The fourth-order valence-corrected chi connectivity index (χ4v) is 2.96. The quantitative estimate of drug-likeness (QED) is 0.535. The monoisotopic (exact) mass is 196 g/mol. The van der Waals surface area contributed by atoms with Gasteiger partial charge in [0.05, 0.1) is 0 Å². The van der Waals surface area contributed by atoms with Gasteiger partial charge in [0.25, 0.3) is 0 Å². The summed E-state index contributed by atoms with van der Waals surface area (Å²) in [5.41, 5.74) is 3.06. The van der Waals surface area contributed by atoms with Crippen molar-refractivity contribution in [2.24, 2.45) is 23.6 Å². The summed E-state index contributed by atoms with van der Waals surface area (Å²) in [6.07, 6.45) is 9.84. The van der Waals surface area contributed by atoms with Crippen LogP contribution in [-0.2, 0) is 0 Å². The molecule has 0 aromatic carbocycles. The van der Waals surface area contributed by atoms with Gasteiger partial charge in [-0.1, -0.05) is 32.6 Å². The Labute approximate surface area is 87.6 Å². The van der Waals surface area contributed by atoms with E-state index in [1.165, 1.54) is 44.9 Å². The molecule has 2 aliphatic carbocycles. The van der Waals surface area contributed by atoms with Crippen molar-refractivity contribution in [2.45, 2.75) is 57.9 Å². The number of hydrazine groups is 1. The first-order valence-corrected chi connectivity index (χ1v) is 6.25. The fourth-order valence-electron chi connectivity index (χ4n) is 2.96. The summed E-state index contributed by atoms with van der Waals surface area (Å²) in [4.78, 5) is 0. The highest BCUT2D eigenvalue weighted by Gasteiger charge is 2.31. The van der Waals surface area contributed by atoms with Crippen LogP contribution in [0.15, 0.2) is 0 Å². The summed E-state index contributed by atoms with van der Waals surface area (Å²) in [7, 11) is 0. The van der Waals surface area contributed by atoms with E-state index in [2.05, 4.69) is 12.3 Å². The molecule has 0 saturated heterocycles. The normalized spacial score (nSPS) is 35.6. The molecule has 2 saturated carbocycles. The van der Waals surface area contributed by atoms with Gasteiger partial charge in [0, 0.05) is 6.04 Å². The SMILES string of the molecule is CC1CCCC(C(CC2CC2)NN)C1. The molecule has 0 aromatic heterocycles. The Morgan fingerprint density at radius 3 is 2.64 bits per heavy atom. The first kappa shape index (κ1) is 10.4. The molecule has 2 rings (SSSR count). The smallest absolute Gasteiger partial charge is 0.0241 e. The predicted molar refractivity (Wildman–Crippen MR) is 59.6 cm³/mol. The zero-order valence-electron chi connectivity index (χ0n) is 9.34. The molecule has 3 unspecified atom stereocenters. The molecule has 0 aromatic rings. The lowest BCUT2D eigenvalue weighted by atomic mass is 9.77. The lowest BCUT2D eigenvalue weighted by molar-refractivity contribution is 0.211. The number of rotatable bonds is 4. The summed E-state index contributed by atoms with van der Waals surface area (Å²) in [5, 5.41) is 0. The van der Waals surface area contributed by atoms with Crippen LogP contribution in [0.2, 0.25) is 0 Å². The van der Waals surface area contributed by atoms with Crippen LogP contribution >= 0.6 is 0 Å². The lowest BCUT2D eigenvalue weighted by Crippen LogP contribution is -2.42. The summed E-state index contributed by atoms with van der Waals surface area (Å²) >= 11 is 0. The third-order valence-corrected chi connectivity index (χ3v) is 4.04. The van der Waals surface area contributed by atoms with Gasteiger partial charge >= 0.3 is 0 Å². The van der Waals surface area contributed by atoms with E-state index in [-0.39, 0.29) is 0 Å². The van der Waals surface area contributed by atoms with Gasteiger partial charge in [-0.15, -0.1) is 0 Å². The Morgan fingerprint density at radius 2 is 2.07 bits per heavy atom. The van der Waals surface area contributed by atoms with Crippen LogP contribution in [0.4, 0.5) is 0 Å². The molecular weight excluding hydrogens is 172 g/mol. The summed E-state index contributed by atoms with van der Waals surface area (Å²) in [6.45, 7) is 2.39. The molecule has 3 atom stereocenters. The Morgan fingerprint density at radius 1 is 1.29 bits per heavy atom. The third kappa shape index (κ3) is 2.71. The molecule has 0 spiro atoms. The molecule has 2 fully saturated rings. The average molecular weight is 196 g/mol. The minimum atomic E-state index is 0.602. The van der Waals surface area contributed by atoms with Crippen molar-refractivity contribution in [1.82, 2.24) is 5.43 Å². The van der Waals surface area contributed by atoms with Crippen molar-refractivity contribution in [2.75, 3.05) is 0 Å². The minimum Gasteiger partial charge on any atom is -0.271 e. The molecule has 0 aliphatic heterocycles. The maximum Gasteiger partial charge on any atom is 0.0241 e. The largest absolute Gasteiger partial charge is 0.271 e. The second kappa shape index (κ2) is 4.63. The van der Waals surface area contributed by atoms with Crippen LogP contribution in [0.5, 0.6) is 0 Å². The fraction of sp³-hybridized carbons (Fsp3) is 1.00. The van der Waals surface area contributed by atoms with Crippen molar-refractivity contribution in [1.29, 1.82) is 0 Å². The zero-order valence-corrected chi connectivity index (χ0v) is 9.34. The maximum atomic E-state index is 5.68. The van der Waals surface area contributed by atoms with Gasteiger partial charge in [-0.25, -0.2) is 0 Å². The van der Waals surface area contributed by atoms with Crippen LogP contribution in [0, 0.1) is 17.8 Å². The van der Waals surface area contributed by atoms with E-state index in [0.717, 1.165) is 17.8 Å². The molecular formula is C12H24N2. The molecule has 0 amide bonds. The molecule has 2 aliphatic rings. The zero-order chi connectivity index (χ0) is 9.97. The van der Waals surface area contributed by atoms with Crippen LogP contribution in [0.3, 0.4) is 0 Å². The van der Waals surface area contributed by atoms with Gasteiger partial charge in [0.15, 0.2) is 0 Å². The van der Waals surface area contributed by atoms with Gasteiger partial charge in [-0.2, -0.15) is 0 Å². The summed E-state index contributed by atoms with van der Waals surface area (Å²) < 4.78 is 0. The highest BCUT2D eigenvalue weighted by Crippen LogP contribution is 2.38. The highest BCUT2D eigenvalue weighted by atomic mass is 15.2. The van der Waals surface area contributed by atoms with E-state index in [1.807, 2.05) is 0 Å². The van der Waals surface area contributed by atoms with Crippen molar-refractivity contribution in [3.05, 3.63) is 0 Å². The average Bonchev–Trinajstić information content (AvgIpc) is 2.98. The topological polar surface area (TPSA) is 38.0 Å². The Balaban J connectivity index is 1.82. The Bertz CT molecular complexity index is 175. The maximum absolute atomic E-state index is 5.68. The predicted octanol–water partition coefficient (Wildman–Crippen LogP) is 2.44.